The van der Waals surface area contributed by atoms with Gasteiger partial charge in [0.2, 0.25) is 0 Å². The molecule has 1 atom stereocenters. The second-order valence-electron chi connectivity index (χ2n) is 5.67. The predicted octanol–water partition coefficient (Wildman–Crippen LogP) is 3.90. The number of thioether (sulfide) groups is 1. The number of benzene rings is 2. The maximum atomic E-state index is 12.9. The molecule has 1 amide bonds. The number of hydrogen-bond acceptors (Lipinski definition) is 4. The molecule has 1 heterocycles. The number of para-hydroxylation sites is 1. The van der Waals surface area contributed by atoms with E-state index in [2.05, 4.69) is 0 Å². The van der Waals surface area contributed by atoms with Crippen LogP contribution in [0.3, 0.4) is 0 Å². The van der Waals surface area contributed by atoms with Gasteiger partial charge in [0.05, 0.1) is 14.2 Å². The molecule has 2 aromatic rings. The van der Waals surface area contributed by atoms with Crippen molar-refractivity contribution in [3.63, 3.8) is 0 Å². The lowest BCUT2D eigenvalue weighted by atomic mass is 10.1. The van der Waals surface area contributed by atoms with Gasteiger partial charge >= 0.3 is 0 Å². The number of carbonyl (C=O) groups is 1. The molecule has 0 bridgehead atoms. The fraction of sp³-hybridized carbons (Fsp3) is 0.316. The van der Waals surface area contributed by atoms with Gasteiger partial charge in [-0.1, -0.05) is 29.8 Å². The molecule has 0 N–H and O–H groups in total. The first-order chi connectivity index (χ1) is 11.7. The second kappa shape index (κ2) is 7.18. The van der Waals surface area contributed by atoms with Crippen LogP contribution < -0.4 is 9.47 Å². The molecule has 1 aliphatic rings. The Kier molecular flexibility index (Phi) is 5.00. The van der Waals surface area contributed by atoms with E-state index in [-0.39, 0.29) is 11.3 Å². The van der Waals surface area contributed by atoms with E-state index in [1.54, 1.807) is 26.0 Å². The Balaban J connectivity index is 1.94. The topological polar surface area (TPSA) is 38.8 Å². The van der Waals surface area contributed by atoms with E-state index < -0.39 is 0 Å². The highest BCUT2D eigenvalue weighted by atomic mass is 32.2. The monoisotopic (exact) mass is 343 g/mol. The van der Waals surface area contributed by atoms with Crippen molar-refractivity contribution in [2.75, 3.05) is 26.5 Å². The molecule has 2 aromatic carbocycles. The Bertz CT molecular complexity index is 730. The van der Waals surface area contributed by atoms with E-state index in [0.717, 1.165) is 29.0 Å². The SMILES string of the molecule is COc1cccc(C2SCCN2C(=O)c2ccc(C)cc2)c1OC. The summed E-state index contributed by atoms with van der Waals surface area (Å²) in [6.07, 6.45) is 0. The number of ether oxygens (including phenoxy) is 2. The van der Waals surface area contributed by atoms with Crippen LogP contribution in [0.25, 0.3) is 0 Å². The normalized spacial score (nSPS) is 17.0. The average molecular weight is 343 g/mol. The van der Waals surface area contributed by atoms with Crippen molar-refractivity contribution in [3.8, 4) is 11.5 Å². The van der Waals surface area contributed by atoms with Crippen LogP contribution in [-0.2, 0) is 0 Å². The van der Waals surface area contributed by atoms with Crippen LogP contribution in [0.2, 0.25) is 0 Å². The van der Waals surface area contributed by atoms with E-state index in [1.165, 1.54) is 0 Å². The Labute approximate surface area is 146 Å². The number of rotatable bonds is 4. The third-order valence-electron chi connectivity index (χ3n) is 4.15. The van der Waals surface area contributed by atoms with Crippen molar-refractivity contribution in [1.29, 1.82) is 0 Å². The smallest absolute Gasteiger partial charge is 0.255 e. The first-order valence-corrected chi connectivity index (χ1v) is 8.90. The fourth-order valence-corrected chi connectivity index (χ4v) is 4.18. The minimum absolute atomic E-state index is 0.0508. The molecular formula is C19H21NO3S. The van der Waals surface area contributed by atoms with Crippen molar-refractivity contribution in [3.05, 3.63) is 59.2 Å². The molecule has 5 heteroatoms. The molecule has 3 rings (SSSR count). The minimum Gasteiger partial charge on any atom is -0.493 e. The molecule has 1 unspecified atom stereocenters. The number of aryl methyl sites for hydroxylation is 1. The summed E-state index contributed by atoms with van der Waals surface area (Å²) in [4.78, 5) is 14.8. The van der Waals surface area contributed by atoms with Gasteiger partial charge in [-0.25, -0.2) is 0 Å². The van der Waals surface area contributed by atoms with Crippen molar-refractivity contribution in [2.45, 2.75) is 12.3 Å². The number of nitrogens with zero attached hydrogens (tertiary/aromatic N) is 1. The van der Waals surface area contributed by atoms with Crippen molar-refractivity contribution in [1.82, 2.24) is 4.90 Å². The number of methoxy groups -OCH3 is 2. The molecule has 0 spiro atoms. The zero-order valence-corrected chi connectivity index (χ0v) is 14.9. The Morgan fingerprint density at radius 1 is 1.12 bits per heavy atom. The summed E-state index contributed by atoms with van der Waals surface area (Å²) in [6, 6.07) is 13.5. The van der Waals surface area contributed by atoms with Gasteiger partial charge in [0.1, 0.15) is 5.37 Å². The summed E-state index contributed by atoms with van der Waals surface area (Å²) in [5.74, 6) is 2.34. The summed E-state index contributed by atoms with van der Waals surface area (Å²) >= 11 is 1.75. The number of carbonyl (C=O) groups excluding carboxylic acids is 1. The van der Waals surface area contributed by atoms with Crippen LogP contribution in [0, 0.1) is 6.92 Å². The molecule has 1 aliphatic heterocycles. The van der Waals surface area contributed by atoms with Crippen molar-refractivity contribution in [2.24, 2.45) is 0 Å². The van der Waals surface area contributed by atoms with Crippen LogP contribution in [0.4, 0.5) is 0 Å². The quantitative estimate of drug-likeness (QED) is 0.844. The van der Waals surface area contributed by atoms with Gasteiger partial charge in [0, 0.05) is 23.4 Å². The molecule has 0 aliphatic carbocycles. The first-order valence-electron chi connectivity index (χ1n) is 7.86. The van der Waals surface area contributed by atoms with Crippen LogP contribution in [0.1, 0.15) is 26.9 Å². The Morgan fingerprint density at radius 2 is 1.88 bits per heavy atom. The van der Waals surface area contributed by atoms with Gasteiger partial charge in [0.15, 0.2) is 11.5 Å². The van der Waals surface area contributed by atoms with Crippen LogP contribution >= 0.6 is 11.8 Å². The maximum absolute atomic E-state index is 12.9. The van der Waals surface area contributed by atoms with Crippen LogP contribution in [0.5, 0.6) is 11.5 Å². The zero-order valence-electron chi connectivity index (χ0n) is 14.1. The van der Waals surface area contributed by atoms with Crippen LogP contribution in [-0.4, -0.2) is 37.3 Å². The van der Waals surface area contributed by atoms with Gasteiger partial charge in [-0.05, 0) is 25.1 Å². The molecule has 0 radical (unpaired) electrons. The summed E-state index contributed by atoms with van der Waals surface area (Å²) in [7, 11) is 3.26. The van der Waals surface area contributed by atoms with E-state index in [9.17, 15) is 4.79 Å². The third-order valence-corrected chi connectivity index (χ3v) is 5.39. The highest BCUT2D eigenvalue weighted by Crippen LogP contribution is 2.45. The highest BCUT2D eigenvalue weighted by molar-refractivity contribution is 7.99. The fourth-order valence-electron chi connectivity index (χ4n) is 2.90. The van der Waals surface area contributed by atoms with Gasteiger partial charge in [0.25, 0.3) is 5.91 Å². The molecule has 0 aromatic heterocycles. The van der Waals surface area contributed by atoms with E-state index >= 15 is 0 Å². The summed E-state index contributed by atoms with van der Waals surface area (Å²) in [5.41, 5.74) is 2.84. The second-order valence-corrected chi connectivity index (χ2v) is 6.86. The molecule has 1 saturated heterocycles. The Hall–Kier alpha value is -2.14. The third kappa shape index (κ3) is 3.08. The van der Waals surface area contributed by atoms with Gasteiger partial charge in [-0.15, -0.1) is 11.8 Å². The lowest BCUT2D eigenvalue weighted by molar-refractivity contribution is 0.0759. The zero-order chi connectivity index (χ0) is 17.1. The summed E-state index contributed by atoms with van der Waals surface area (Å²) in [5, 5.41) is -0.0659. The lowest BCUT2D eigenvalue weighted by Crippen LogP contribution is -2.30. The summed E-state index contributed by atoms with van der Waals surface area (Å²) < 4.78 is 10.9. The van der Waals surface area contributed by atoms with E-state index in [1.807, 2.05) is 54.3 Å². The first kappa shape index (κ1) is 16.7. The van der Waals surface area contributed by atoms with Crippen molar-refractivity contribution < 1.29 is 14.3 Å². The highest BCUT2D eigenvalue weighted by Gasteiger charge is 2.33. The molecule has 4 nitrogen and oxygen atoms in total. The van der Waals surface area contributed by atoms with Gasteiger partial charge < -0.3 is 14.4 Å². The molecule has 24 heavy (non-hydrogen) atoms. The largest absolute Gasteiger partial charge is 0.493 e. The lowest BCUT2D eigenvalue weighted by Gasteiger charge is -2.26. The van der Waals surface area contributed by atoms with Gasteiger partial charge in [-0.3, -0.25) is 4.79 Å². The minimum atomic E-state index is -0.0659. The van der Waals surface area contributed by atoms with E-state index in [0.29, 0.717) is 11.5 Å². The van der Waals surface area contributed by atoms with Crippen LogP contribution in [0.15, 0.2) is 42.5 Å². The molecule has 0 saturated carbocycles. The van der Waals surface area contributed by atoms with Gasteiger partial charge in [-0.2, -0.15) is 0 Å². The molecule has 126 valence electrons. The molecular weight excluding hydrogens is 322 g/mol. The maximum Gasteiger partial charge on any atom is 0.255 e. The Morgan fingerprint density at radius 3 is 2.54 bits per heavy atom. The number of amides is 1. The van der Waals surface area contributed by atoms with Crippen molar-refractivity contribution >= 4 is 17.7 Å². The predicted molar refractivity (Wildman–Crippen MR) is 97.0 cm³/mol. The standard InChI is InChI=1S/C19H21NO3S/c1-13-7-9-14(10-8-13)18(21)20-11-12-24-19(20)15-5-4-6-16(22-2)17(15)23-3/h4-10,19H,11-12H2,1-3H3. The summed E-state index contributed by atoms with van der Waals surface area (Å²) in [6.45, 7) is 2.74. The average Bonchev–Trinajstić information content (AvgIpc) is 3.10. The molecule has 1 fully saturated rings. The van der Waals surface area contributed by atoms with E-state index in [4.69, 9.17) is 9.47 Å². The number of hydrogen-bond donors (Lipinski definition) is 0.